The Labute approximate surface area is 164 Å². The smallest absolute Gasteiger partial charge is 0.221 e. The van der Waals surface area contributed by atoms with Gasteiger partial charge in [-0.3, -0.25) is 4.99 Å². The Morgan fingerprint density at radius 1 is 1.39 bits per heavy atom. The number of aromatic nitrogens is 6. The van der Waals surface area contributed by atoms with Crippen molar-refractivity contribution >= 4 is 44.6 Å². The van der Waals surface area contributed by atoms with Crippen molar-refractivity contribution in [3.05, 3.63) is 47.4 Å². The quantitative estimate of drug-likeness (QED) is 0.457. The van der Waals surface area contributed by atoms with Gasteiger partial charge in [-0.1, -0.05) is 11.3 Å². The van der Waals surface area contributed by atoms with E-state index in [0.717, 1.165) is 21.4 Å². The summed E-state index contributed by atoms with van der Waals surface area (Å²) in [6.07, 6.45) is 6.87. The third kappa shape index (κ3) is 3.59. The van der Waals surface area contributed by atoms with Crippen LogP contribution in [0.15, 0.2) is 41.1 Å². The zero-order chi connectivity index (χ0) is 19.3. The Kier molecular flexibility index (Phi) is 5.31. The Balaban J connectivity index is 1.70. The summed E-state index contributed by atoms with van der Waals surface area (Å²) in [6, 6.07) is 3.98. The van der Waals surface area contributed by atoms with E-state index in [1.54, 1.807) is 47.9 Å². The molecule has 0 bridgehead atoms. The van der Waals surface area contributed by atoms with E-state index in [0.29, 0.717) is 30.1 Å². The summed E-state index contributed by atoms with van der Waals surface area (Å²) in [5.41, 5.74) is 3.59. The molecule has 0 radical (unpaired) electrons. The molecule has 0 amide bonds. The zero-order valence-corrected chi connectivity index (χ0v) is 16.0. The van der Waals surface area contributed by atoms with Gasteiger partial charge in [-0.05, 0) is 17.0 Å². The molecule has 10 heteroatoms. The summed E-state index contributed by atoms with van der Waals surface area (Å²) < 4.78 is 1.74. The number of hydrogen-bond donors (Lipinski definition) is 2. The highest BCUT2D eigenvalue weighted by atomic mass is 32.1. The lowest BCUT2D eigenvalue weighted by atomic mass is 10.2. The van der Waals surface area contributed by atoms with Crippen molar-refractivity contribution in [1.29, 1.82) is 0 Å². The maximum Gasteiger partial charge on any atom is 0.221 e. The summed E-state index contributed by atoms with van der Waals surface area (Å²) in [4.78, 5) is 18.6. The first-order valence-electron chi connectivity index (χ1n) is 8.66. The molecule has 0 saturated carbocycles. The molecule has 4 rings (SSSR count). The van der Waals surface area contributed by atoms with Crippen LogP contribution in [0.5, 0.6) is 0 Å². The fourth-order valence-corrected chi connectivity index (χ4v) is 3.66. The average molecular weight is 394 g/mol. The van der Waals surface area contributed by atoms with Crippen molar-refractivity contribution in [2.45, 2.75) is 6.54 Å². The molecule has 4 aromatic rings. The van der Waals surface area contributed by atoms with Crippen LogP contribution in [0.1, 0.15) is 11.3 Å². The first-order chi connectivity index (χ1) is 13.8. The van der Waals surface area contributed by atoms with Crippen molar-refractivity contribution in [2.75, 3.05) is 20.2 Å². The van der Waals surface area contributed by atoms with Gasteiger partial charge in [-0.2, -0.15) is 0 Å². The van der Waals surface area contributed by atoms with E-state index in [9.17, 15) is 0 Å². The molecule has 0 fully saturated rings. The van der Waals surface area contributed by atoms with Gasteiger partial charge in [0.05, 0.1) is 31.6 Å². The summed E-state index contributed by atoms with van der Waals surface area (Å²) in [5.74, 6) is 0. The Morgan fingerprint density at radius 3 is 3.18 bits per heavy atom. The minimum Gasteiger partial charge on any atom is -0.394 e. The molecule has 0 aliphatic carbocycles. The molecule has 0 unspecified atom stereocenters. The van der Waals surface area contributed by atoms with Crippen LogP contribution in [0.3, 0.4) is 0 Å². The number of thiophene rings is 1. The number of aliphatic imine (C=N–C) groups is 1. The molecule has 0 aliphatic heterocycles. The standard InChI is InChI=1S/C18H18N8OS/c1-19-7-12(8-20-5-6-27)15-9-22-16-17(23-15)26(25-24-16)10-13-11-28-18-14(13)3-2-4-21-18/h2-4,7-9,11,19,27H,5-6,10H2,1H3/b12-7+,20-8+. The van der Waals surface area contributed by atoms with E-state index in [4.69, 9.17) is 10.1 Å². The monoisotopic (exact) mass is 394 g/mol. The molecular formula is C18H18N8OS. The summed E-state index contributed by atoms with van der Waals surface area (Å²) >= 11 is 1.60. The van der Waals surface area contributed by atoms with Crippen LogP contribution in [-0.2, 0) is 6.54 Å². The predicted molar refractivity (Wildman–Crippen MR) is 109 cm³/mol. The van der Waals surface area contributed by atoms with Crippen LogP contribution in [0.2, 0.25) is 0 Å². The van der Waals surface area contributed by atoms with Gasteiger partial charge in [0.15, 0.2) is 5.65 Å². The molecule has 0 saturated heterocycles. The number of allylic oxidation sites excluding steroid dienone is 1. The third-order valence-electron chi connectivity index (χ3n) is 4.03. The summed E-state index contributed by atoms with van der Waals surface area (Å²) in [5, 5.41) is 23.4. The first-order valence-corrected chi connectivity index (χ1v) is 9.54. The van der Waals surface area contributed by atoms with Crippen molar-refractivity contribution in [3.63, 3.8) is 0 Å². The van der Waals surface area contributed by atoms with Crippen LogP contribution in [0, 0.1) is 0 Å². The van der Waals surface area contributed by atoms with Crippen molar-refractivity contribution in [1.82, 2.24) is 35.3 Å². The van der Waals surface area contributed by atoms with Crippen molar-refractivity contribution < 1.29 is 5.11 Å². The second-order valence-electron chi connectivity index (χ2n) is 5.91. The van der Waals surface area contributed by atoms with E-state index in [-0.39, 0.29) is 6.61 Å². The van der Waals surface area contributed by atoms with Gasteiger partial charge in [0.2, 0.25) is 5.65 Å². The second kappa shape index (κ2) is 8.19. The lowest BCUT2D eigenvalue weighted by Gasteiger charge is -2.04. The van der Waals surface area contributed by atoms with Crippen LogP contribution in [0.25, 0.3) is 27.1 Å². The van der Waals surface area contributed by atoms with Crippen molar-refractivity contribution in [3.8, 4) is 0 Å². The SMILES string of the molecule is CN/C=C(\C=N\CCO)c1cnc2nnn(Cc3csc4ncccc34)c2n1. The molecule has 4 heterocycles. The van der Waals surface area contributed by atoms with Gasteiger partial charge < -0.3 is 10.4 Å². The number of fused-ring (bicyclic) bond motifs is 2. The number of nitrogens with one attached hydrogen (secondary N) is 1. The van der Waals surface area contributed by atoms with Gasteiger partial charge in [0.25, 0.3) is 0 Å². The highest BCUT2D eigenvalue weighted by Gasteiger charge is 2.13. The van der Waals surface area contributed by atoms with Crippen molar-refractivity contribution in [2.24, 2.45) is 4.99 Å². The van der Waals surface area contributed by atoms with Gasteiger partial charge in [-0.25, -0.2) is 19.6 Å². The number of pyridine rings is 1. The van der Waals surface area contributed by atoms with Gasteiger partial charge in [-0.15, -0.1) is 16.4 Å². The predicted octanol–water partition coefficient (Wildman–Crippen LogP) is 1.50. The molecule has 142 valence electrons. The molecule has 9 nitrogen and oxygen atoms in total. The highest BCUT2D eigenvalue weighted by Crippen LogP contribution is 2.25. The molecule has 0 aromatic carbocycles. The number of hydrogen-bond acceptors (Lipinski definition) is 9. The number of aliphatic hydroxyl groups excluding tert-OH is 1. The van der Waals surface area contributed by atoms with Crippen LogP contribution in [0.4, 0.5) is 0 Å². The van der Waals surface area contributed by atoms with Crippen LogP contribution < -0.4 is 5.32 Å². The third-order valence-corrected chi connectivity index (χ3v) is 4.98. The zero-order valence-electron chi connectivity index (χ0n) is 15.1. The molecule has 0 spiro atoms. The lowest BCUT2D eigenvalue weighted by Crippen LogP contribution is -2.05. The summed E-state index contributed by atoms with van der Waals surface area (Å²) in [6.45, 7) is 0.855. The Bertz CT molecular complexity index is 1160. The molecule has 0 aliphatic rings. The first kappa shape index (κ1) is 18.1. The van der Waals surface area contributed by atoms with Gasteiger partial charge in [0.1, 0.15) is 4.83 Å². The van der Waals surface area contributed by atoms with Gasteiger partial charge in [0, 0.05) is 36.6 Å². The van der Waals surface area contributed by atoms with E-state index >= 15 is 0 Å². The van der Waals surface area contributed by atoms with E-state index in [1.807, 2.05) is 6.07 Å². The molecular weight excluding hydrogens is 376 g/mol. The van der Waals surface area contributed by atoms with Crippen LogP contribution in [-0.4, -0.2) is 61.5 Å². The largest absolute Gasteiger partial charge is 0.394 e. The number of nitrogens with zero attached hydrogens (tertiary/aromatic N) is 7. The minimum absolute atomic E-state index is 0.00576. The highest BCUT2D eigenvalue weighted by molar-refractivity contribution is 7.16. The lowest BCUT2D eigenvalue weighted by molar-refractivity contribution is 0.307. The van der Waals surface area contributed by atoms with E-state index in [2.05, 4.69) is 42.0 Å². The molecule has 28 heavy (non-hydrogen) atoms. The fraction of sp³-hybridized carbons (Fsp3) is 0.222. The summed E-state index contributed by atoms with van der Waals surface area (Å²) in [7, 11) is 1.80. The topological polar surface area (TPSA) is 114 Å². The fourth-order valence-electron chi connectivity index (χ4n) is 2.76. The van der Waals surface area contributed by atoms with E-state index in [1.165, 1.54) is 0 Å². The maximum absolute atomic E-state index is 8.93. The number of aliphatic hydroxyl groups is 1. The van der Waals surface area contributed by atoms with Crippen LogP contribution >= 0.6 is 11.3 Å². The Hall–Kier alpha value is -3.24. The molecule has 2 N–H and O–H groups in total. The Morgan fingerprint density at radius 2 is 2.32 bits per heavy atom. The second-order valence-corrected chi connectivity index (χ2v) is 6.77. The number of rotatable bonds is 7. The normalized spacial score (nSPS) is 12.4. The molecule has 0 atom stereocenters. The van der Waals surface area contributed by atoms with E-state index < -0.39 is 0 Å². The maximum atomic E-state index is 8.93. The van der Waals surface area contributed by atoms with Gasteiger partial charge >= 0.3 is 0 Å². The molecule has 4 aromatic heterocycles. The average Bonchev–Trinajstić information content (AvgIpc) is 3.32. The minimum atomic E-state index is -0.00576.